The number of hydrogen-bond acceptors (Lipinski definition) is 4. The first-order valence-electron chi connectivity index (χ1n) is 11.8. The van der Waals surface area contributed by atoms with Gasteiger partial charge in [0, 0.05) is 12.6 Å². The molecule has 2 aromatic rings. The summed E-state index contributed by atoms with van der Waals surface area (Å²) in [6, 6.07) is 10.5. The van der Waals surface area contributed by atoms with E-state index in [0.29, 0.717) is 31.5 Å². The zero-order valence-corrected chi connectivity index (χ0v) is 20.8. The van der Waals surface area contributed by atoms with Crippen molar-refractivity contribution >= 4 is 5.91 Å². The molecule has 1 amide bonds. The largest absolute Gasteiger partial charge is 0.416 e. The summed E-state index contributed by atoms with van der Waals surface area (Å²) in [7, 11) is 0. The summed E-state index contributed by atoms with van der Waals surface area (Å²) < 4.78 is 85.7. The van der Waals surface area contributed by atoms with Crippen molar-refractivity contribution in [1.29, 1.82) is 0 Å². The number of halogens is 6. The lowest BCUT2D eigenvalue weighted by Crippen LogP contribution is -2.60. The van der Waals surface area contributed by atoms with Crippen molar-refractivity contribution in [2.45, 2.75) is 69.2 Å². The van der Waals surface area contributed by atoms with E-state index in [-0.39, 0.29) is 30.2 Å². The van der Waals surface area contributed by atoms with Gasteiger partial charge in [-0.3, -0.25) is 4.79 Å². The number of amides is 1. The molecule has 3 rings (SSSR count). The number of ether oxygens (including phenoxy) is 1. The van der Waals surface area contributed by atoms with E-state index in [1.807, 2.05) is 30.3 Å². The van der Waals surface area contributed by atoms with Crippen molar-refractivity contribution in [2.24, 2.45) is 5.73 Å². The molecule has 0 aliphatic carbocycles. The molecule has 0 aromatic heterocycles. The van der Waals surface area contributed by atoms with Gasteiger partial charge in [-0.1, -0.05) is 30.3 Å². The van der Waals surface area contributed by atoms with Gasteiger partial charge in [-0.05, 0) is 62.9 Å². The van der Waals surface area contributed by atoms with Gasteiger partial charge in [0.05, 0.1) is 34.9 Å². The first-order chi connectivity index (χ1) is 17.0. The Hall–Kier alpha value is -2.63. The Kier molecular flexibility index (Phi) is 8.31. The minimum Gasteiger partial charge on any atom is -0.372 e. The van der Waals surface area contributed by atoms with Gasteiger partial charge in [-0.15, -0.1) is 0 Å². The molecule has 1 aliphatic rings. The third kappa shape index (κ3) is 7.24. The van der Waals surface area contributed by atoms with Crippen LogP contribution in [-0.4, -0.2) is 30.6 Å². The highest BCUT2D eigenvalue weighted by Crippen LogP contribution is 2.39. The predicted octanol–water partition coefficient (Wildman–Crippen LogP) is 5.30. The van der Waals surface area contributed by atoms with E-state index in [0.717, 1.165) is 5.56 Å². The summed E-state index contributed by atoms with van der Waals surface area (Å²) in [6.45, 7) is 4.97. The fourth-order valence-electron chi connectivity index (χ4n) is 4.21. The van der Waals surface area contributed by atoms with Crippen molar-refractivity contribution in [1.82, 2.24) is 10.6 Å². The fraction of sp³-hybridized carbons (Fsp3) is 0.500. The molecule has 2 aromatic carbocycles. The lowest BCUT2D eigenvalue weighted by molar-refractivity contribution is -0.143. The monoisotopic (exact) mass is 531 g/mol. The first kappa shape index (κ1) is 28.9. The summed E-state index contributed by atoms with van der Waals surface area (Å²) in [5.41, 5.74) is 1.90. The van der Waals surface area contributed by atoms with Gasteiger partial charge in [0.2, 0.25) is 5.91 Å². The number of carbonyl (C=O) groups excluding carboxylic acids is 1. The van der Waals surface area contributed by atoms with E-state index < -0.39 is 40.7 Å². The minimum atomic E-state index is -4.94. The second kappa shape index (κ2) is 10.6. The van der Waals surface area contributed by atoms with Gasteiger partial charge in [-0.25, -0.2) is 0 Å². The summed E-state index contributed by atoms with van der Waals surface area (Å²) in [5, 5.41) is 6.29. The van der Waals surface area contributed by atoms with E-state index in [2.05, 4.69) is 10.6 Å². The number of nitrogens with two attached hydrogens (primary N) is 1. The number of nitrogens with one attached hydrogen (secondary N) is 2. The van der Waals surface area contributed by atoms with E-state index >= 15 is 0 Å². The molecule has 0 bridgehead atoms. The number of carbonyl (C=O) groups is 1. The topological polar surface area (TPSA) is 76.4 Å². The SMILES string of the molecule is CC(OCC1(c2ccccc2)CCC(NC(=O)C(C)(C)N)CN1)c1cc(C(F)(F)F)cc(C(F)(F)F)c1. The molecule has 1 saturated heterocycles. The van der Waals surface area contributed by atoms with Gasteiger partial charge in [0.15, 0.2) is 0 Å². The van der Waals surface area contributed by atoms with Gasteiger partial charge in [-0.2, -0.15) is 26.3 Å². The zero-order chi connectivity index (χ0) is 27.6. The predicted molar refractivity (Wildman–Crippen MR) is 126 cm³/mol. The van der Waals surface area contributed by atoms with Crippen LogP contribution in [0, 0.1) is 0 Å². The molecule has 5 nitrogen and oxygen atoms in total. The van der Waals surface area contributed by atoms with Gasteiger partial charge < -0.3 is 21.1 Å². The van der Waals surface area contributed by atoms with Crippen molar-refractivity contribution < 1.29 is 35.9 Å². The second-order valence-corrected chi connectivity index (χ2v) is 10.1. The summed E-state index contributed by atoms with van der Waals surface area (Å²) in [5.74, 6) is -0.304. The maximum absolute atomic E-state index is 13.3. The highest BCUT2D eigenvalue weighted by Gasteiger charge is 2.40. The van der Waals surface area contributed by atoms with Gasteiger partial charge in [0.25, 0.3) is 0 Å². The fourth-order valence-corrected chi connectivity index (χ4v) is 4.21. The molecule has 37 heavy (non-hydrogen) atoms. The third-order valence-corrected chi connectivity index (χ3v) is 6.51. The first-order valence-corrected chi connectivity index (χ1v) is 11.8. The number of benzene rings is 2. The Morgan fingerprint density at radius 3 is 2.11 bits per heavy atom. The third-order valence-electron chi connectivity index (χ3n) is 6.51. The average Bonchev–Trinajstić information content (AvgIpc) is 2.82. The number of alkyl halides is 6. The van der Waals surface area contributed by atoms with Crippen molar-refractivity contribution in [2.75, 3.05) is 13.2 Å². The molecule has 1 heterocycles. The lowest BCUT2D eigenvalue weighted by Gasteiger charge is -2.42. The summed E-state index contributed by atoms with van der Waals surface area (Å²) in [4.78, 5) is 12.3. The Labute approximate surface area is 211 Å². The van der Waals surface area contributed by atoms with Crippen LogP contribution in [0.5, 0.6) is 0 Å². The molecule has 1 aliphatic heterocycles. The van der Waals surface area contributed by atoms with Crippen LogP contribution in [0.25, 0.3) is 0 Å². The standard InChI is InChI=1S/C26H31F6N3O2/c1-16(17-11-19(25(27,28)29)13-20(12-17)26(30,31)32)37-15-24(18-7-5-4-6-8-18)10-9-21(14-34-24)35-22(36)23(2,3)33/h4-8,11-13,16,21,34H,9-10,14-15,33H2,1-3H3,(H,35,36). The molecule has 1 fully saturated rings. The quantitative estimate of drug-likeness (QED) is 0.424. The molecule has 11 heteroatoms. The van der Waals surface area contributed by atoms with Crippen molar-refractivity contribution in [3.63, 3.8) is 0 Å². The number of rotatable bonds is 7. The molecular formula is C26H31F6N3O2. The van der Waals surface area contributed by atoms with Crippen molar-refractivity contribution in [3.8, 4) is 0 Å². The van der Waals surface area contributed by atoms with Crippen molar-refractivity contribution in [3.05, 3.63) is 70.8 Å². The Bertz CT molecular complexity index is 1040. The van der Waals surface area contributed by atoms with Crippen LogP contribution in [0.4, 0.5) is 26.3 Å². The average molecular weight is 532 g/mol. The van der Waals surface area contributed by atoms with Crippen LogP contribution in [-0.2, 0) is 27.4 Å². The molecular weight excluding hydrogens is 500 g/mol. The molecule has 204 valence electrons. The summed E-state index contributed by atoms with van der Waals surface area (Å²) >= 11 is 0. The summed E-state index contributed by atoms with van der Waals surface area (Å²) in [6.07, 6.45) is -9.88. The van der Waals surface area contributed by atoms with E-state index in [1.54, 1.807) is 13.8 Å². The highest BCUT2D eigenvalue weighted by molar-refractivity contribution is 5.85. The van der Waals surface area contributed by atoms with Crippen LogP contribution in [0.15, 0.2) is 48.5 Å². The number of hydrogen-bond donors (Lipinski definition) is 3. The van der Waals surface area contributed by atoms with Crippen LogP contribution >= 0.6 is 0 Å². The van der Waals surface area contributed by atoms with E-state index in [4.69, 9.17) is 10.5 Å². The van der Waals surface area contributed by atoms with Gasteiger partial charge in [0.1, 0.15) is 0 Å². The van der Waals surface area contributed by atoms with E-state index in [9.17, 15) is 31.1 Å². The van der Waals surface area contributed by atoms with Crippen LogP contribution in [0.1, 0.15) is 62.0 Å². The van der Waals surface area contributed by atoms with Crippen LogP contribution in [0.3, 0.4) is 0 Å². The second-order valence-electron chi connectivity index (χ2n) is 10.1. The van der Waals surface area contributed by atoms with E-state index in [1.165, 1.54) is 6.92 Å². The Morgan fingerprint density at radius 2 is 1.65 bits per heavy atom. The lowest BCUT2D eigenvalue weighted by atomic mass is 9.81. The highest BCUT2D eigenvalue weighted by atomic mass is 19.4. The van der Waals surface area contributed by atoms with Gasteiger partial charge >= 0.3 is 12.4 Å². The number of piperidine rings is 1. The molecule has 0 radical (unpaired) electrons. The maximum atomic E-state index is 13.3. The molecule has 4 N–H and O–H groups in total. The molecule has 0 saturated carbocycles. The van der Waals surface area contributed by atoms with Crippen LogP contribution in [0.2, 0.25) is 0 Å². The molecule has 3 atom stereocenters. The molecule has 0 spiro atoms. The zero-order valence-electron chi connectivity index (χ0n) is 20.8. The minimum absolute atomic E-state index is 0.0151. The van der Waals surface area contributed by atoms with Crippen LogP contribution < -0.4 is 16.4 Å². The maximum Gasteiger partial charge on any atom is 0.416 e. The molecule has 3 unspecified atom stereocenters. The Morgan fingerprint density at radius 1 is 1.08 bits per heavy atom. The Balaban J connectivity index is 1.81. The smallest absolute Gasteiger partial charge is 0.372 e. The normalized spacial score (nSPS) is 21.9.